The summed E-state index contributed by atoms with van der Waals surface area (Å²) in [5, 5.41) is 0. The van der Waals surface area contributed by atoms with E-state index >= 15 is 0 Å². The van der Waals surface area contributed by atoms with Crippen LogP contribution in [0, 0.1) is 13.8 Å². The number of amides is 1. The molecule has 9 heteroatoms. The molecular weight excluding hydrogens is 490 g/mol. The van der Waals surface area contributed by atoms with Crippen LogP contribution in [0.15, 0.2) is 47.4 Å². The summed E-state index contributed by atoms with van der Waals surface area (Å²) in [5.41, 5.74) is 2.59. The smallest absolute Gasteiger partial charge is 0.248 e. The van der Waals surface area contributed by atoms with Crippen LogP contribution in [0.2, 0.25) is 0 Å². The number of ether oxygens (including phenoxy) is 2. The molecule has 1 heterocycles. The van der Waals surface area contributed by atoms with E-state index < -0.39 is 10.0 Å². The van der Waals surface area contributed by atoms with Gasteiger partial charge >= 0.3 is 0 Å². The summed E-state index contributed by atoms with van der Waals surface area (Å²) in [5.74, 6) is 0.568. The second-order valence-electron chi connectivity index (χ2n) is 10.1. The van der Waals surface area contributed by atoms with Gasteiger partial charge < -0.3 is 19.3 Å². The molecule has 0 bridgehead atoms. The van der Waals surface area contributed by atoms with Crippen molar-refractivity contribution in [3.63, 3.8) is 0 Å². The van der Waals surface area contributed by atoms with Gasteiger partial charge in [0.05, 0.1) is 18.6 Å². The van der Waals surface area contributed by atoms with Gasteiger partial charge in [0, 0.05) is 32.2 Å². The van der Waals surface area contributed by atoms with E-state index in [2.05, 4.69) is 43.3 Å². The highest BCUT2D eigenvalue weighted by Gasteiger charge is 2.37. The second kappa shape index (κ2) is 12.4. The van der Waals surface area contributed by atoms with Gasteiger partial charge in [-0.3, -0.25) is 4.79 Å². The topological polar surface area (TPSA) is 79.4 Å². The molecule has 1 amide bonds. The van der Waals surface area contributed by atoms with Crippen LogP contribution in [0.4, 0.5) is 0 Å². The van der Waals surface area contributed by atoms with E-state index in [1.807, 2.05) is 11.0 Å². The van der Waals surface area contributed by atoms with Crippen LogP contribution in [-0.2, 0) is 26.0 Å². The van der Waals surface area contributed by atoms with Gasteiger partial charge in [-0.05, 0) is 76.0 Å². The first-order chi connectivity index (χ1) is 17.5. The van der Waals surface area contributed by atoms with Gasteiger partial charge in [0.25, 0.3) is 0 Å². The molecule has 37 heavy (non-hydrogen) atoms. The van der Waals surface area contributed by atoms with Crippen molar-refractivity contribution in [1.29, 1.82) is 0 Å². The Morgan fingerprint density at radius 3 is 2.16 bits per heavy atom. The molecule has 0 aromatic heterocycles. The van der Waals surface area contributed by atoms with E-state index in [9.17, 15) is 13.2 Å². The summed E-state index contributed by atoms with van der Waals surface area (Å²) >= 11 is 0. The fraction of sp³-hybridized carbons (Fsp3) is 0.536. The molecule has 0 spiro atoms. The van der Waals surface area contributed by atoms with Crippen LogP contribution in [0.3, 0.4) is 0 Å². The van der Waals surface area contributed by atoms with Gasteiger partial charge in [-0.15, -0.1) is 0 Å². The lowest BCUT2D eigenvalue weighted by Gasteiger charge is -2.46. The second-order valence-corrected chi connectivity index (χ2v) is 12.1. The predicted octanol–water partition coefficient (Wildman–Crippen LogP) is 3.11. The minimum atomic E-state index is -3.70. The van der Waals surface area contributed by atoms with Crippen molar-refractivity contribution < 1.29 is 22.7 Å². The van der Waals surface area contributed by atoms with Gasteiger partial charge in [-0.25, -0.2) is 8.42 Å². The summed E-state index contributed by atoms with van der Waals surface area (Å²) in [4.78, 5) is 17.2. The molecule has 0 atom stereocenters. The lowest BCUT2D eigenvalue weighted by Crippen LogP contribution is -2.55. The van der Waals surface area contributed by atoms with E-state index in [0.29, 0.717) is 30.0 Å². The molecule has 0 aliphatic carbocycles. The van der Waals surface area contributed by atoms with Gasteiger partial charge in [-0.1, -0.05) is 30.3 Å². The van der Waals surface area contributed by atoms with E-state index in [-0.39, 0.29) is 36.1 Å². The molecule has 204 valence electrons. The summed E-state index contributed by atoms with van der Waals surface area (Å²) in [7, 11) is 3.62. The fourth-order valence-electron chi connectivity index (χ4n) is 5.09. The number of likely N-dealkylation sites (N-methyl/N-ethyl adjacent to an activating group) is 2. The van der Waals surface area contributed by atoms with Crippen LogP contribution in [-0.4, -0.2) is 95.1 Å². The van der Waals surface area contributed by atoms with Crippen molar-refractivity contribution in [2.75, 3.05) is 61.1 Å². The number of aryl methyl sites for hydroxylation is 2. The maximum atomic E-state index is 13.1. The standard InChI is InChI=1S/C28H41N3O5S/c1-22-18-25(35-6)19-23(2)27(22)37(33,34)30(5)16-17-36-21-26(32)31-14-12-28(13-15-31,29(3)4)20-24-10-8-7-9-11-24/h7-11,18-19H,12-17,20-21H2,1-6H3. The predicted molar refractivity (Wildman–Crippen MR) is 145 cm³/mol. The van der Waals surface area contributed by atoms with Gasteiger partial charge in [0.15, 0.2) is 0 Å². The van der Waals surface area contributed by atoms with Crippen LogP contribution in [0.1, 0.15) is 29.5 Å². The summed E-state index contributed by atoms with van der Waals surface area (Å²) in [6.07, 6.45) is 2.73. The van der Waals surface area contributed by atoms with E-state index in [0.717, 1.165) is 19.3 Å². The number of rotatable bonds is 11. The van der Waals surface area contributed by atoms with Crippen LogP contribution >= 0.6 is 0 Å². The summed E-state index contributed by atoms with van der Waals surface area (Å²) in [6.45, 7) is 5.11. The number of nitrogens with zero attached hydrogens (tertiary/aromatic N) is 3. The molecule has 0 unspecified atom stereocenters. The average Bonchev–Trinajstić information content (AvgIpc) is 2.86. The SMILES string of the molecule is COc1cc(C)c(S(=O)(=O)N(C)CCOCC(=O)N2CCC(Cc3ccccc3)(N(C)C)CC2)c(C)c1. The Morgan fingerprint density at radius 1 is 1.03 bits per heavy atom. The molecule has 1 fully saturated rings. The third-order valence-corrected chi connectivity index (χ3v) is 9.65. The third-order valence-electron chi connectivity index (χ3n) is 7.49. The number of sulfonamides is 1. The first-order valence-corrected chi connectivity index (χ1v) is 14.1. The van der Waals surface area contributed by atoms with Crippen LogP contribution in [0.25, 0.3) is 0 Å². The van der Waals surface area contributed by atoms with Crippen molar-refractivity contribution in [3.8, 4) is 5.75 Å². The van der Waals surface area contributed by atoms with Crippen LogP contribution in [0.5, 0.6) is 5.75 Å². The summed E-state index contributed by atoms with van der Waals surface area (Å²) < 4.78 is 38.4. The maximum absolute atomic E-state index is 13.1. The molecule has 0 saturated carbocycles. The number of hydrogen-bond acceptors (Lipinski definition) is 6. The first kappa shape index (κ1) is 29.1. The highest BCUT2D eigenvalue weighted by atomic mass is 32.2. The van der Waals surface area contributed by atoms with Gasteiger partial charge in [-0.2, -0.15) is 4.31 Å². The minimum Gasteiger partial charge on any atom is -0.497 e. The number of hydrogen-bond donors (Lipinski definition) is 0. The Kier molecular flexibility index (Phi) is 9.74. The third kappa shape index (κ3) is 6.90. The monoisotopic (exact) mass is 531 g/mol. The number of benzene rings is 2. The zero-order valence-electron chi connectivity index (χ0n) is 23.0. The van der Waals surface area contributed by atoms with E-state index in [4.69, 9.17) is 9.47 Å². The highest BCUT2D eigenvalue weighted by Crippen LogP contribution is 2.31. The summed E-state index contributed by atoms with van der Waals surface area (Å²) in [6, 6.07) is 13.9. The van der Waals surface area contributed by atoms with Crippen molar-refractivity contribution in [2.24, 2.45) is 0 Å². The number of piperidine rings is 1. The Hall–Kier alpha value is -2.46. The lowest BCUT2D eigenvalue weighted by atomic mass is 9.80. The van der Waals surface area contributed by atoms with Gasteiger partial charge in [0.2, 0.25) is 15.9 Å². The quantitative estimate of drug-likeness (QED) is 0.415. The molecule has 8 nitrogen and oxygen atoms in total. The molecule has 2 aromatic carbocycles. The van der Waals surface area contributed by atoms with Crippen LogP contribution < -0.4 is 4.74 Å². The van der Waals surface area contributed by atoms with Crippen molar-refractivity contribution in [2.45, 2.75) is 43.5 Å². The molecule has 2 aromatic rings. The molecule has 0 N–H and O–H groups in total. The fourth-order valence-corrected chi connectivity index (χ4v) is 6.64. The van der Waals surface area contributed by atoms with Crippen molar-refractivity contribution >= 4 is 15.9 Å². The normalized spacial score (nSPS) is 15.8. The van der Waals surface area contributed by atoms with Gasteiger partial charge in [0.1, 0.15) is 12.4 Å². The zero-order valence-corrected chi connectivity index (χ0v) is 23.8. The minimum absolute atomic E-state index is 0.0216. The number of likely N-dealkylation sites (tertiary alicyclic amines) is 1. The van der Waals surface area contributed by atoms with E-state index in [1.54, 1.807) is 33.1 Å². The van der Waals surface area contributed by atoms with Crippen molar-refractivity contribution in [3.05, 3.63) is 59.2 Å². The zero-order chi connectivity index (χ0) is 27.2. The number of carbonyl (C=O) groups is 1. The Bertz CT molecular complexity index is 1140. The largest absolute Gasteiger partial charge is 0.497 e. The molecular formula is C28H41N3O5S. The molecule has 0 radical (unpaired) electrons. The number of carbonyl (C=O) groups excluding carboxylic acids is 1. The molecule has 1 saturated heterocycles. The Balaban J connectivity index is 1.49. The molecule has 3 rings (SSSR count). The maximum Gasteiger partial charge on any atom is 0.248 e. The van der Waals surface area contributed by atoms with Crippen molar-refractivity contribution in [1.82, 2.24) is 14.1 Å². The average molecular weight is 532 g/mol. The highest BCUT2D eigenvalue weighted by molar-refractivity contribution is 7.89. The lowest BCUT2D eigenvalue weighted by molar-refractivity contribution is -0.138. The number of methoxy groups -OCH3 is 1. The first-order valence-electron chi connectivity index (χ1n) is 12.7. The molecule has 1 aliphatic heterocycles. The Morgan fingerprint density at radius 2 is 1.62 bits per heavy atom. The van der Waals surface area contributed by atoms with E-state index in [1.165, 1.54) is 16.9 Å². The Labute approximate surface area is 222 Å². The molecule has 1 aliphatic rings.